The van der Waals surface area contributed by atoms with Crippen LogP contribution in [-0.2, 0) is 0 Å². The van der Waals surface area contributed by atoms with Crippen molar-refractivity contribution < 1.29 is 4.39 Å². The SMILES string of the molecule is FC1C2CN1C2. The van der Waals surface area contributed by atoms with Gasteiger partial charge in [-0.25, -0.2) is 4.39 Å². The summed E-state index contributed by atoms with van der Waals surface area (Å²) in [5, 5.41) is 0. The summed E-state index contributed by atoms with van der Waals surface area (Å²) in [5.74, 6) is 0.435. The monoisotopic (exact) mass is 87.0 g/mol. The maximum absolute atomic E-state index is 11.9. The average molecular weight is 87.1 g/mol. The molecule has 3 heterocycles. The molecule has 0 aliphatic carbocycles. The van der Waals surface area contributed by atoms with Crippen molar-refractivity contribution in [2.24, 2.45) is 5.92 Å². The summed E-state index contributed by atoms with van der Waals surface area (Å²) in [6.45, 7) is 2.06. The first-order valence-electron chi connectivity index (χ1n) is 2.26. The molecule has 3 aliphatic heterocycles. The predicted octanol–water partition coefficient (Wildman–Crippen LogP) is 0.227. The van der Waals surface area contributed by atoms with E-state index in [-0.39, 0.29) is 0 Å². The Balaban J connectivity index is 2.11. The smallest absolute Gasteiger partial charge is 0.158 e. The van der Waals surface area contributed by atoms with Gasteiger partial charge in [-0.05, 0) is 0 Å². The Morgan fingerprint density at radius 1 is 1.50 bits per heavy atom. The van der Waals surface area contributed by atoms with Crippen molar-refractivity contribution in [1.82, 2.24) is 4.90 Å². The molecule has 3 rings (SSSR count). The molecule has 2 heteroatoms. The molecule has 0 spiro atoms. The third-order valence-electron chi connectivity index (χ3n) is 1.68. The molecule has 0 aromatic heterocycles. The first-order valence-corrected chi connectivity index (χ1v) is 2.26. The van der Waals surface area contributed by atoms with E-state index >= 15 is 0 Å². The number of halogens is 1. The van der Waals surface area contributed by atoms with Gasteiger partial charge in [0.25, 0.3) is 0 Å². The minimum Gasteiger partial charge on any atom is -0.273 e. The van der Waals surface area contributed by atoms with Gasteiger partial charge in [0.05, 0.1) is 0 Å². The predicted molar refractivity (Wildman–Crippen MR) is 20.0 cm³/mol. The molecule has 1 nitrogen and oxygen atoms in total. The Kier molecular flexibility index (Phi) is 0.309. The van der Waals surface area contributed by atoms with Crippen LogP contribution in [0.3, 0.4) is 0 Å². The van der Waals surface area contributed by atoms with E-state index in [1.165, 1.54) is 0 Å². The van der Waals surface area contributed by atoms with Crippen molar-refractivity contribution in [3.63, 3.8) is 0 Å². The largest absolute Gasteiger partial charge is 0.273 e. The third-order valence-corrected chi connectivity index (χ3v) is 1.68. The Morgan fingerprint density at radius 3 is 1.83 bits per heavy atom. The van der Waals surface area contributed by atoms with E-state index < -0.39 is 6.30 Å². The van der Waals surface area contributed by atoms with Crippen molar-refractivity contribution in [2.75, 3.05) is 13.1 Å². The van der Waals surface area contributed by atoms with Crippen LogP contribution in [0.15, 0.2) is 0 Å². The lowest BCUT2D eigenvalue weighted by atomic mass is 9.86. The highest BCUT2D eigenvalue weighted by Gasteiger charge is 2.50. The van der Waals surface area contributed by atoms with Crippen LogP contribution in [0.4, 0.5) is 4.39 Å². The minimum absolute atomic E-state index is 0.435. The second kappa shape index (κ2) is 0.624. The normalized spacial score (nSPS) is 62.5. The molecule has 34 valence electrons. The molecule has 3 saturated heterocycles. The topological polar surface area (TPSA) is 3.24 Å². The van der Waals surface area contributed by atoms with Gasteiger partial charge >= 0.3 is 0 Å². The molecule has 0 saturated carbocycles. The molecule has 0 N–H and O–H groups in total. The lowest BCUT2D eigenvalue weighted by Gasteiger charge is -2.56. The third kappa shape index (κ3) is 0.129. The van der Waals surface area contributed by atoms with Gasteiger partial charge in [0, 0.05) is 19.0 Å². The van der Waals surface area contributed by atoms with Gasteiger partial charge < -0.3 is 0 Å². The Morgan fingerprint density at radius 2 is 1.83 bits per heavy atom. The van der Waals surface area contributed by atoms with Crippen LogP contribution in [0.25, 0.3) is 0 Å². The first kappa shape index (κ1) is 2.97. The molecule has 3 aliphatic rings. The van der Waals surface area contributed by atoms with E-state index in [4.69, 9.17) is 0 Å². The van der Waals surface area contributed by atoms with Crippen LogP contribution in [-0.4, -0.2) is 24.3 Å². The van der Waals surface area contributed by atoms with Gasteiger partial charge in [0.2, 0.25) is 0 Å². The Labute approximate surface area is 35.7 Å². The fraction of sp³-hybridized carbons (Fsp3) is 1.00. The molecule has 0 amide bonds. The van der Waals surface area contributed by atoms with Gasteiger partial charge in [-0.2, -0.15) is 0 Å². The Bertz CT molecular complexity index is 69.6. The summed E-state index contributed by atoms with van der Waals surface area (Å²) in [4.78, 5) is 1.82. The van der Waals surface area contributed by atoms with Crippen molar-refractivity contribution in [3.05, 3.63) is 0 Å². The maximum atomic E-state index is 11.9. The highest BCUT2D eigenvalue weighted by atomic mass is 19.1. The lowest BCUT2D eigenvalue weighted by Crippen LogP contribution is -2.69. The quantitative estimate of drug-likeness (QED) is 0.382. The summed E-state index contributed by atoms with van der Waals surface area (Å²) in [7, 11) is 0. The van der Waals surface area contributed by atoms with Crippen LogP contribution < -0.4 is 0 Å². The van der Waals surface area contributed by atoms with E-state index in [0.29, 0.717) is 5.92 Å². The molecule has 1 atom stereocenters. The van der Waals surface area contributed by atoms with E-state index in [2.05, 4.69) is 0 Å². The second-order valence-electron chi connectivity index (χ2n) is 2.09. The zero-order chi connectivity index (χ0) is 4.15. The summed E-state index contributed by atoms with van der Waals surface area (Å²) in [6, 6.07) is 0. The fourth-order valence-electron chi connectivity index (χ4n) is 0.946. The van der Waals surface area contributed by atoms with Gasteiger partial charge in [-0.1, -0.05) is 0 Å². The Hall–Kier alpha value is -0.110. The molecule has 0 aromatic rings. The maximum Gasteiger partial charge on any atom is 0.158 e. The van der Waals surface area contributed by atoms with Crippen LogP contribution in [0, 0.1) is 5.92 Å². The van der Waals surface area contributed by atoms with Gasteiger partial charge in [0.1, 0.15) is 0 Å². The molecule has 6 heavy (non-hydrogen) atoms. The molecular formula is C4H6FN. The number of rotatable bonds is 0. The van der Waals surface area contributed by atoms with Crippen molar-refractivity contribution >= 4 is 0 Å². The van der Waals surface area contributed by atoms with Crippen LogP contribution in [0.2, 0.25) is 0 Å². The molecule has 3 fully saturated rings. The minimum atomic E-state index is -0.537. The van der Waals surface area contributed by atoms with Crippen LogP contribution >= 0.6 is 0 Å². The van der Waals surface area contributed by atoms with Gasteiger partial charge in [0.15, 0.2) is 6.30 Å². The van der Waals surface area contributed by atoms with Gasteiger partial charge in [-0.3, -0.25) is 4.90 Å². The molecule has 2 bridgehead atoms. The summed E-state index contributed by atoms with van der Waals surface area (Å²) in [5.41, 5.74) is 0. The highest BCUT2D eigenvalue weighted by Crippen LogP contribution is 2.37. The fourth-order valence-corrected chi connectivity index (χ4v) is 0.946. The summed E-state index contributed by atoms with van der Waals surface area (Å²) >= 11 is 0. The average Bonchev–Trinajstić information content (AvgIpc) is 1.28. The standard InChI is InChI=1S/C4H6FN/c5-4-3-1-6(4)2-3/h3-4H,1-2H2. The summed E-state index contributed by atoms with van der Waals surface area (Å²) in [6.07, 6.45) is -0.537. The van der Waals surface area contributed by atoms with Crippen molar-refractivity contribution in [3.8, 4) is 0 Å². The van der Waals surface area contributed by atoms with Crippen molar-refractivity contribution in [1.29, 1.82) is 0 Å². The van der Waals surface area contributed by atoms with E-state index in [9.17, 15) is 4.39 Å². The van der Waals surface area contributed by atoms with E-state index in [1.54, 1.807) is 0 Å². The van der Waals surface area contributed by atoms with Crippen molar-refractivity contribution in [2.45, 2.75) is 6.30 Å². The van der Waals surface area contributed by atoms with Gasteiger partial charge in [-0.15, -0.1) is 0 Å². The van der Waals surface area contributed by atoms with E-state index in [0.717, 1.165) is 13.1 Å². The van der Waals surface area contributed by atoms with E-state index in [1.807, 2.05) is 4.90 Å². The number of nitrogens with zero attached hydrogens (tertiary/aromatic N) is 1. The molecular weight excluding hydrogens is 81.0 g/mol. The lowest BCUT2D eigenvalue weighted by molar-refractivity contribution is -0.189. The molecule has 0 radical (unpaired) electrons. The number of hydrogen-bond donors (Lipinski definition) is 0. The van der Waals surface area contributed by atoms with Crippen LogP contribution in [0.1, 0.15) is 0 Å². The second-order valence-corrected chi connectivity index (χ2v) is 2.09. The first-order chi connectivity index (χ1) is 2.88. The number of alkyl halides is 1. The number of hydrogen-bond acceptors (Lipinski definition) is 1. The zero-order valence-corrected chi connectivity index (χ0v) is 3.39. The highest BCUT2D eigenvalue weighted by molar-refractivity contribution is 4.98. The molecule has 0 aromatic carbocycles. The summed E-state index contributed by atoms with van der Waals surface area (Å²) < 4.78 is 11.9. The van der Waals surface area contributed by atoms with Crippen LogP contribution in [0.5, 0.6) is 0 Å². The zero-order valence-electron chi connectivity index (χ0n) is 3.39. The molecule has 1 unspecified atom stereocenters.